The summed E-state index contributed by atoms with van der Waals surface area (Å²) in [6, 6.07) is 16.0. The van der Waals surface area contributed by atoms with Gasteiger partial charge in [-0.3, -0.25) is 0 Å². The van der Waals surface area contributed by atoms with E-state index < -0.39 is 5.82 Å². The summed E-state index contributed by atoms with van der Waals surface area (Å²) in [7, 11) is 0. The molecule has 4 heteroatoms. The maximum Gasteiger partial charge on any atom is 0.322 e. The lowest BCUT2D eigenvalue weighted by Gasteiger charge is -2.22. The zero-order chi connectivity index (χ0) is 16.1. The van der Waals surface area contributed by atoms with Gasteiger partial charge in [-0.25, -0.2) is 9.18 Å². The van der Waals surface area contributed by atoms with Crippen molar-refractivity contribution in [2.45, 2.75) is 18.9 Å². The normalized spacial score (nSPS) is 17.6. The molecule has 0 aliphatic carbocycles. The molecule has 3 nitrogen and oxygen atoms in total. The van der Waals surface area contributed by atoms with Crippen molar-refractivity contribution in [3.8, 4) is 0 Å². The second-order valence-electron chi connectivity index (χ2n) is 5.58. The molecule has 118 valence electrons. The second-order valence-corrected chi connectivity index (χ2v) is 5.58. The molecule has 1 saturated heterocycles. The third kappa shape index (κ3) is 3.77. The zero-order valence-electron chi connectivity index (χ0n) is 12.8. The molecule has 1 aliphatic rings. The molecule has 3 rings (SSSR count). The van der Waals surface area contributed by atoms with E-state index in [1.807, 2.05) is 42.5 Å². The molecule has 1 fully saturated rings. The number of rotatable bonds is 3. The van der Waals surface area contributed by atoms with E-state index in [0.717, 1.165) is 18.4 Å². The third-order valence-electron chi connectivity index (χ3n) is 3.99. The lowest BCUT2D eigenvalue weighted by atomic mass is 10.1. The van der Waals surface area contributed by atoms with Gasteiger partial charge in [0.05, 0.1) is 11.7 Å². The van der Waals surface area contributed by atoms with Crippen LogP contribution in [0.4, 0.5) is 14.9 Å². The number of anilines is 1. The monoisotopic (exact) mass is 310 g/mol. The first-order valence-corrected chi connectivity index (χ1v) is 7.79. The van der Waals surface area contributed by atoms with Gasteiger partial charge < -0.3 is 10.2 Å². The number of likely N-dealkylation sites (tertiary alicyclic amines) is 1. The number of amides is 2. The molecule has 2 amide bonds. The Morgan fingerprint density at radius 1 is 1.13 bits per heavy atom. The van der Waals surface area contributed by atoms with Crippen LogP contribution in [0.1, 0.15) is 18.4 Å². The molecule has 1 aliphatic heterocycles. The van der Waals surface area contributed by atoms with Crippen LogP contribution in [0.3, 0.4) is 0 Å². The van der Waals surface area contributed by atoms with Crippen LogP contribution in [-0.2, 0) is 0 Å². The SMILES string of the molecule is O=C(Nc1ccccc1F)N1CCCC1/C=C/c1ccccc1. The summed E-state index contributed by atoms with van der Waals surface area (Å²) in [4.78, 5) is 14.2. The van der Waals surface area contributed by atoms with E-state index in [0.29, 0.717) is 6.54 Å². The molecular formula is C19H19FN2O. The smallest absolute Gasteiger partial charge is 0.318 e. The minimum atomic E-state index is -0.420. The first-order chi connectivity index (χ1) is 11.2. The van der Waals surface area contributed by atoms with Crippen LogP contribution in [-0.4, -0.2) is 23.5 Å². The van der Waals surface area contributed by atoms with E-state index in [9.17, 15) is 9.18 Å². The predicted molar refractivity (Wildman–Crippen MR) is 90.6 cm³/mol. The summed E-state index contributed by atoms with van der Waals surface area (Å²) in [6.07, 6.45) is 5.95. The van der Waals surface area contributed by atoms with Crippen molar-refractivity contribution < 1.29 is 9.18 Å². The molecule has 0 saturated carbocycles. The Kier molecular flexibility index (Phi) is 4.71. The maximum absolute atomic E-state index is 13.7. The second kappa shape index (κ2) is 7.09. The quantitative estimate of drug-likeness (QED) is 0.887. The lowest BCUT2D eigenvalue weighted by molar-refractivity contribution is 0.214. The summed E-state index contributed by atoms with van der Waals surface area (Å²) < 4.78 is 13.7. The summed E-state index contributed by atoms with van der Waals surface area (Å²) in [5.41, 5.74) is 1.32. The Bertz CT molecular complexity index is 700. The zero-order valence-corrected chi connectivity index (χ0v) is 12.8. The largest absolute Gasteiger partial charge is 0.322 e. The highest BCUT2D eigenvalue weighted by molar-refractivity contribution is 5.90. The summed E-state index contributed by atoms with van der Waals surface area (Å²) in [5, 5.41) is 2.66. The van der Waals surface area contributed by atoms with Crippen molar-refractivity contribution in [3.63, 3.8) is 0 Å². The lowest BCUT2D eigenvalue weighted by Crippen LogP contribution is -2.37. The number of nitrogens with one attached hydrogen (secondary N) is 1. The molecule has 0 spiro atoms. The van der Waals surface area contributed by atoms with Crippen LogP contribution in [0.15, 0.2) is 60.7 Å². The summed E-state index contributed by atoms with van der Waals surface area (Å²) in [5.74, 6) is -0.420. The topological polar surface area (TPSA) is 32.3 Å². The minimum Gasteiger partial charge on any atom is -0.318 e. The first-order valence-electron chi connectivity index (χ1n) is 7.79. The highest BCUT2D eigenvalue weighted by Gasteiger charge is 2.27. The van der Waals surface area contributed by atoms with Crippen LogP contribution in [0.25, 0.3) is 6.08 Å². The molecule has 1 heterocycles. The molecule has 2 aromatic rings. The van der Waals surface area contributed by atoms with Crippen molar-refractivity contribution in [2.24, 2.45) is 0 Å². The number of halogens is 1. The van der Waals surface area contributed by atoms with Gasteiger partial charge in [-0.2, -0.15) is 0 Å². The van der Waals surface area contributed by atoms with Gasteiger partial charge in [0.15, 0.2) is 0 Å². The van der Waals surface area contributed by atoms with E-state index >= 15 is 0 Å². The van der Waals surface area contributed by atoms with Crippen LogP contribution in [0, 0.1) is 5.82 Å². The van der Waals surface area contributed by atoms with Gasteiger partial charge in [-0.15, -0.1) is 0 Å². The molecule has 23 heavy (non-hydrogen) atoms. The Hall–Kier alpha value is -2.62. The van der Waals surface area contributed by atoms with Gasteiger partial charge in [0, 0.05) is 6.54 Å². The summed E-state index contributed by atoms with van der Waals surface area (Å²) in [6.45, 7) is 0.685. The Balaban J connectivity index is 1.68. The average Bonchev–Trinajstić information content (AvgIpc) is 3.05. The Morgan fingerprint density at radius 2 is 1.87 bits per heavy atom. The van der Waals surface area contributed by atoms with Gasteiger partial charge >= 0.3 is 6.03 Å². The number of carbonyl (C=O) groups is 1. The molecular weight excluding hydrogens is 291 g/mol. The van der Waals surface area contributed by atoms with Gasteiger partial charge in [-0.05, 0) is 30.5 Å². The number of nitrogens with zero attached hydrogens (tertiary/aromatic N) is 1. The van der Waals surface area contributed by atoms with Crippen molar-refractivity contribution in [3.05, 3.63) is 72.1 Å². The molecule has 0 bridgehead atoms. The Morgan fingerprint density at radius 3 is 2.65 bits per heavy atom. The highest BCUT2D eigenvalue weighted by atomic mass is 19.1. The molecule has 1 atom stereocenters. The highest BCUT2D eigenvalue weighted by Crippen LogP contribution is 2.21. The van der Waals surface area contributed by atoms with Gasteiger partial charge in [-0.1, -0.05) is 54.6 Å². The number of urea groups is 1. The van der Waals surface area contributed by atoms with Crippen molar-refractivity contribution in [1.82, 2.24) is 4.90 Å². The first kappa shape index (κ1) is 15.3. The standard InChI is InChI=1S/C19H19FN2O/c20-17-10-4-5-11-18(17)21-19(23)22-14-6-9-16(22)13-12-15-7-2-1-3-8-15/h1-5,7-8,10-13,16H,6,9,14H2,(H,21,23)/b13-12+. The summed E-state index contributed by atoms with van der Waals surface area (Å²) >= 11 is 0. The van der Waals surface area contributed by atoms with E-state index in [4.69, 9.17) is 0 Å². The van der Waals surface area contributed by atoms with Crippen molar-refractivity contribution in [2.75, 3.05) is 11.9 Å². The molecule has 2 aromatic carbocycles. The van der Waals surface area contributed by atoms with Crippen LogP contribution in [0.2, 0.25) is 0 Å². The molecule has 0 aromatic heterocycles. The molecule has 1 N–H and O–H groups in total. The maximum atomic E-state index is 13.7. The fourth-order valence-corrected chi connectivity index (χ4v) is 2.78. The predicted octanol–water partition coefficient (Wildman–Crippen LogP) is 4.54. The van der Waals surface area contributed by atoms with E-state index in [2.05, 4.69) is 5.32 Å². The number of hydrogen-bond donors (Lipinski definition) is 1. The van der Waals surface area contributed by atoms with Crippen molar-refractivity contribution in [1.29, 1.82) is 0 Å². The van der Waals surface area contributed by atoms with Crippen LogP contribution in [0.5, 0.6) is 0 Å². The third-order valence-corrected chi connectivity index (χ3v) is 3.99. The molecule has 1 unspecified atom stereocenters. The number of carbonyl (C=O) groups excluding carboxylic acids is 1. The van der Waals surface area contributed by atoms with E-state index in [1.165, 1.54) is 6.07 Å². The number of para-hydroxylation sites is 1. The molecule has 0 radical (unpaired) electrons. The fraction of sp³-hybridized carbons (Fsp3) is 0.211. The van der Waals surface area contributed by atoms with E-state index in [1.54, 1.807) is 23.1 Å². The van der Waals surface area contributed by atoms with Gasteiger partial charge in [0.25, 0.3) is 0 Å². The van der Waals surface area contributed by atoms with Gasteiger partial charge in [0.1, 0.15) is 5.82 Å². The van der Waals surface area contributed by atoms with Gasteiger partial charge in [0.2, 0.25) is 0 Å². The van der Waals surface area contributed by atoms with Crippen LogP contribution >= 0.6 is 0 Å². The van der Waals surface area contributed by atoms with Crippen molar-refractivity contribution >= 4 is 17.8 Å². The van der Waals surface area contributed by atoms with E-state index in [-0.39, 0.29) is 17.8 Å². The average molecular weight is 310 g/mol. The Labute approximate surface area is 135 Å². The number of hydrogen-bond acceptors (Lipinski definition) is 1. The van der Waals surface area contributed by atoms with Crippen LogP contribution < -0.4 is 5.32 Å². The minimum absolute atomic E-state index is 0.0435. The number of benzene rings is 2. The fourth-order valence-electron chi connectivity index (χ4n) is 2.78.